The van der Waals surface area contributed by atoms with E-state index in [4.69, 9.17) is 9.72 Å². The standard InChI is InChI=1S/C23H24F2N2O/c1-28-15-22(10-5-6-11-22)21-18(14-26)20(16-7-3-2-4-8-16)17-13-23(24,25)12-9-19(17)27-21/h2-4,7-8H,5-6,9-13,15H2,1H3. The van der Waals surface area contributed by atoms with E-state index < -0.39 is 5.92 Å². The van der Waals surface area contributed by atoms with Crippen LogP contribution in [0.1, 0.15) is 54.6 Å². The summed E-state index contributed by atoms with van der Waals surface area (Å²) in [7, 11) is 1.67. The molecule has 0 aliphatic heterocycles. The van der Waals surface area contributed by atoms with Gasteiger partial charge in [-0.3, -0.25) is 4.98 Å². The van der Waals surface area contributed by atoms with E-state index in [-0.39, 0.29) is 24.7 Å². The number of ether oxygens (including phenoxy) is 1. The zero-order chi connectivity index (χ0) is 19.8. The average Bonchev–Trinajstić information content (AvgIpc) is 3.16. The van der Waals surface area contributed by atoms with Crippen molar-refractivity contribution in [1.29, 1.82) is 5.26 Å². The van der Waals surface area contributed by atoms with Gasteiger partial charge < -0.3 is 4.74 Å². The Kier molecular flexibility index (Phi) is 4.93. The summed E-state index contributed by atoms with van der Waals surface area (Å²) in [5.41, 5.74) is 3.60. The Morgan fingerprint density at radius 3 is 2.50 bits per heavy atom. The van der Waals surface area contributed by atoms with Crippen LogP contribution in [0.5, 0.6) is 0 Å². The minimum Gasteiger partial charge on any atom is -0.384 e. The first-order chi connectivity index (χ1) is 13.5. The van der Waals surface area contributed by atoms with Crippen molar-refractivity contribution >= 4 is 0 Å². The molecule has 0 unspecified atom stereocenters. The van der Waals surface area contributed by atoms with E-state index >= 15 is 0 Å². The van der Waals surface area contributed by atoms with Gasteiger partial charge in [0.05, 0.1) is 17.9 Å². The lowest BCUT2D eigenvalue weighted by atomic mass is 9.76. The second-order valence-corrected chi connectivity index (χ2v) is 8.07. The first kappa shape index (κ1) is 19.0. The number of alkyl halides is 2. The summed E-state index contributed by atoms with van der Waals surface area (Å²) in [6.45, 7) is 0.498. The molecule has 3 nitrogen and oxygen atoms in total. The molecule has 146 valence electrons. The molecule has 2 aliphatic rings. The van der Waals surface area contributed by atoms with Crippen LogP contribution in [0.4, 0.5) is 8.78 Å². The molecule has 1 heterocycles. The zero-order valence-corrected chi connectivity index (χ0v) is 16.1. The van der Waals surface area contributed by atoms with Gasteiger partial charge in [-0.2, -0.15) is 5.26 Å². The van der Waals surface area contributed by atoms with Crippen molar-refractivity contribution < 1.29 is 13.5 Å². The summed E-state index contributed by atoms with van der Waals surface area (Å²) in [5, 5.41) is 10.1. The highest BCUT2D eigenvalue weighted by Gasteiger charge is 2.43. The maximum absolute atomic E-state index is 14.3. The van der Waals surface area contributed by atoms with Gasteiger partial charge in [0, 0.05) is 36.6 Å². The Morgan fingerprint density at radius 2 is 1.86 bits per heavy atom. The fraction of sp³-hybridized carbons (Fsp3) is 0.478. The minimum atomic E-state index is -2.76. The van der Waals surface area contributed by atoms with Crippen molar-refractivity contribution in [2.75, 3.05) is 13.7 Å². The number of hydrogen-bond donors (Lipinski definition) is 0. The molecule has 4 rings (SSSR count). The van der Waals surface area contributed by atoms with Gasteiger partial charge in [0.2, 0.25) is 0 Å². The predicted octanol–water partition coefficient (Wildman–Crippen LogP) is 5.20. The lowest BCUT2D eigenvalue weighted by Gasteiger charge is -2.33. The van der Waals surface area contributed by atoms with Crippen molar-refractivity contribution in [1.82, 2.24) is 4.98 Å². The van der Waals surface area contributed by atoms with Crippen LogP contribution in [0.25, 0.3) is 11.1 Å². The van der Waals surface area contributed by atoms with Crippen LogP contribution < -0.4 is 0 Å². The van der Waals surface area contributed by atoms with E-state index in [1.807, 2.05) is 30.3 Å². The van der Waals surface area contributed by atoms with Crippen LogP contribution in [-0.2, 0) is 23.0 Å². The van der Waals surface area contributed by atoms with Crippen molar-refractivity contribution in [3.8, 4) is 17.2 Å². The molecule has 1 fully saturated rings. The van der Waals surface area contributed by atoms with Crippen LogP contribution in [0.2, 0.25) is 0 Å². The maximum atomic E-state index is 14.3. The van der Waals surface area contributed by atoms with Gasteiger partial charge in [-0.1, -0.05) is 43.2 Å². The summed E-state index contributed by atoms with van der Waals surface area (Å²) >= 11 is 0. The maximum Gasteiger partial charge on any atom is 0.252 e. The fourth-order valence-corrected chi connectivity index (χ4v) is 4.91. The van der Waals surface area contributed by atoms with Gasteiger partial charge in [-0.05, 0) is 30.4 Å². The second-order valence-electron chi connectivity index (χ2n) is 8.07. The van der Waals surface area contributed by atoms with Crippen LogP contribution in [0.3, 0.4) is 0 Å². The number of benzene rings is 1. The Bertz CT molecular complexity index is 912. The number of nitrogens with zero attached hydrogens (tertiary/aromatic N) is 2. The molecule has 0 saturated heterocycles. The second kappa shape index (κ2) is 7.25. The molecule has 2 aliphatic carbocycles. The Morgan fingerprint density at radius 1 is 1.14 bits per heavy atom. The highest BCUT2D eigenvalue weighted by molar-refractivity contribution is 5.76. The molecule has 0 radical (unpaired) electrons. The fourth-order valence-electron chi connectivity index (χ4n) is 4.91. The van der Waals surface area contributed by atoms with Crippen LogP contribution >= 0.6 is 0 Å². The largest absolute Gasteiger partial charge is 0.384 e. The molecule has 0 spiro atoms. The smallest absolute Gasteiger partial charge is 0.252 e. The number of pyridine rings is 1. The number of nitriles is 1. The topological polar surface area (TPSA) is 45.9 Å². The molecule has 1 aromatic carbocycles. The third-order valence-corrected chi connectivity index (χ3v) is 6.20. The van der Waals surface area contributed by atoms with E-state index in [1.165, 1.54) is 0 Å². The first-order valence-corrected chi connectivity index (χ1v) is 9.88. The number of aryl methyl sites for hydroxylation is 1. The molecular weight excluding hydrogens is 358 g/mol. The Balaban J connectivity index is 2.01. The van der Waals surface area contributed by atoms with Crippen molar-refractivity contribution in [2.24, 2.45) is 0 Å². The van der Waals surface area contributed by atoms with Gasteiger partial charge in [0.1, 0.15) is 6.07 Å². The summed E-state index contributed by atoms with van der Waals surface area (Å²) in [6, 6.07) is 11.8. The molecule has 1 aromatic heterocycles. The summed E-state index contributed by atoms with van der Waals surface area (Å²) in [5.74, 6) is -2.76. The van der Waals surface area contributed by atoms with E-state index in [9.17, 15) is 14.0 Å². The SMILES string of the molecule is COCC1(c2nc3c(c(-c4ccccc4)c2C#N)CC(F)(F)CC3)CCCC1. The monoisotopic (exact) mass is 382 g/mol. The minimum absolute atomic E-state index is 0.191. The lowest BCUT2D eigenvalue weighted by Crippen LogP contribution is -2.34. The number of rotatable bonds is 4. The van der Waals surface area contributed by atoms with Crippen LogP contribution in [0, 0.1) is 11.3 Å². The molecule has 28 heavy (non-hydrogen) atoms. The molecule has 0 N–H and O–H groups in total. The first-order valence-electron chi connectivity index (χ1n) is 9.88. The van der Waals surface area contributed by atoms with Gasteiger partial charge in [-0.25, -0.2) is 8.78 Å². The predicted molar refractivity (Wildman–Crippen MR) is 103 cm³/mol. The molecule has 0 amide bonds. The highest BCUT2D eigenvalue weighted by atomic mass is 19.3. The summed E-state index contributed by atoms with van der Waals surface area (Å²) in [4.78, 5) is 4.87. The Labute approximate surface area is 164 Å². The van der Waals surface area contributed by atoms with Crippen molar-refractivity contribution in [2.45, 2.75) is 56.3 Å². The van der Waals surface area contributed by atoms with Crippen molar-refractivity contribution in [3.63, 3.8) is 0 Å². The molecule has 5 heteroatoms. The Hall–Kier alpha value is -2.32. The number of fused-ring (bicyclic) bond motifs is 1. The zero-order valence-electron chi connectivity index (χ0n) is 16.1. The lowest BCUT2D eigenvalue weighted by molar-refractivity contribution is -0.0127. The van der Waals surface area contributed by atoms with E-state index in [2.05, 4.69) is 6.07 Å². The summed E-state index contributed by atoms with van der Waals surface area (Å²) < 4.78 is 34.1. The van der Waals surface area contributed by atoms with Crippen LogP contribution in [0.15, 0.2) is 30.3 Å². The molecular formula is C23H24F2N2O. The number of halogens is 2. The quantitative estimate of drug-likeness (QED) is 0.730. The summed E-state index contributed by atoms with van der Waals surface area (Å²) in [6.07, 6.45) is 3.63. The van der Waals surface area contributed by atoms with Crippen LogP contribution in [-0.4, -0.2) is 24.6 Å². The normalized spacial score (nSPS) is 19.8. The van der Waals surface area contributed by atoms with Gasteiger partial charge in [-0.15, -0.1) is 0 Å². The number of aromatic nitrogens is 1. The molecule has 1 saturated carbocycles. The molecule has 0 atom stereocenters. The van der Waals surface area contributed by atoms with E-state index in [0.717, 1.165) is 42.6 Å². The van der Waals surface area contributed by atoms with Crippen molar-refractivity contribution in [3.05, 3.63) is 52.8 Å². The third-order valence-electron chi connectivity index (χ3n) is 6.20. The number of methoxy groups -OCH3 is 1. The van der Waals surface area contributed by atoms with E-state index in [0.29, 0.717) is 23.3 Å². The number of hydrogen-bond acceptors (Lipinski definition) is 3. The van der Waals surface area contributed by atoms with E-state index in [1.54, 1.807) is 7.11 Å². The van der Waals surface area contributed by atoms with Gasteiger partial charge in [0.25, 0.3) is 5.92 Å². The highest BCUT2D eigenvalue weighted by Crippen LogP contribution is 2.46. The van der Waals surface area contributed by atoms with Gasteiger partial charge >= 0.3 is 0 Å². The molecule has 2 aromatic rings. The molecule has 0 bridgehead atoms. The average molecular weight is 382 g/mol. The third kappa shape index (κ3) is 3.20. The van der Waals surface area contributed by atoms with Gasteiger partial charge in [0.15, 0.2) is 0 Å².